The van der Waals surface area contributed by atoms with Crippen LogP contribution in [0.5, 0.6) is 0 Å². The molecular weight excluding hydrogens is 300 g/mol. The Morgan fingerprint density at radius 1 is 1.21 bits per heavy atom. The summed E-state index contributed by atoms with van der Waals surface area (Å²) in [6.07, 6.45) is 2.42. The summed E-state index contributed by atoms with van der Waals surface area (Å²) < 4.78 is 52.3. The van der Waals surface area contributed by atoms with E-state index in [2.05, 4.69) is 9.97 Å². The van der Waals surface area contributed by atoms with E-state index in [4.69, 9.17) is 11.6 Å². The molecule has 2 aromatic rings. The second-order valence-corrected chi connectivity index (χ2v) is 5.45. The van der Waals surface area contributed by atoms with Gasteiger partial charge in [0.2, 0.25) is 0 Å². The van der Waals surface area contributed by atoms with Crippen molar-refractivity contribution in [3.05, 3.63) is 47.4 Å². The second kappa shape index (κ2) is 5.06. The largest absolute Gasteiger partial charge is 0.266 e. The highest BCUT2D eigenvalue weighted by Gasteiger charge is 2.22. The second-order valence-electron chi connectivity index (χ2n) is 3.40. The van der Waals surface area contributed by atoms with Crippen LogP contribution in [0, 0.1) is 11.6 Å². The van der Waals surface area contributed by atoms with Crippen LogP contribution in [0.4, 0.5) is 14.6 Å². The smallest absolute Gasteiger partial charge is 0.263 e. The van der Waals surface area contributed by atoms with E-state index >= 15 is 0 Å². The Bertz CT molecular complexity index is 710. The third-order valence-corrected chi connectivity index (χ3v) is 3.74. The van der Waals surface area contributed by atoms with Crippen molar-refractivity contribution in [1.29, 1.82) is 0 Å². The zero-order valence-corrected chi connectivity index (χ0v) is 10.7. The van der Waals surface area contributed by atoms with Gasteiger partial charge in [0.1, 0.15) is 28.7 Å². The summed E-state index contributed by atoms with van der Waals surface area (Å²) in [6.45, 7) is 0. The number of hydrogen-bond acceptors (Lipinski definition) is 4. The molecule has 100 valence electrons. The maximum absolute atomic E-state index is 13.5. The van der Waals surface area contributed by atoms with Crippen LogP contribution in [0.15, 0.2) is 35.6 Å². The molecule has 0 saturated carbocycles. The van der Waals surface area contributed by atoms with Gasteiger partial charge in [0.15, 0.2) is 0 Å². The normalized spacial score (nSPS) is 11.3. The van der Waals surface area contributed by atoms with Gasteiger partial charge in [-0.05, 0) is 12.1 Å². The molecule has 1 aromatic heterocycles. The highest BCUT2D eigenvalue weighted by molar-refractivity contribution is 7.92. The minimum Gasteiger partial charge on any atom is -0.263 e. The Morgan fingerprint density at radius 3 is 2.58 bits per heavy atom. The molecule has 0 radical (unpaired) electrons. The van der Waals surface area contributed by atoms with Gasteiger partial charge in [-0.25, -0.2) is 27.2 Å². The number of hydrogen-bond donors (Lipinski definition) is 1. The summed E-state index contributed by atoms with van der Waals surface area (Å²) in [7, 11) is -4.25. The molecule has 0 fully saturated rings. The topological polar surface area (TPSA) is 72.0 Å². The molecule has 2 rings (SSSR count). The fraction of sp³-hybridized carbons (Fsp3) is 0. The molecule has 1 heterocycles. The van der Waals surface area contributed by atoms with Gasteiger partial charge in [0.05, 0.1) is 5.02 Å². The number of rotatable bonds is 3. The molecule has 5 nitrogen and oxygen atoms in total. The van der Waals surface area contributed by atoms with Gasteiger partial charge in [-0.15, -0.1) is 0 Å². The van der Waals surface area contributed by atoms with E-state index in [1.165, 1.54) is 12.3 Å². The van der Waals surface area contributed by atoms with Crippen LogP contribution < -0.4 is 4.72 Å². The van der Waals surface area contributed by atoms with Crippen molar-refractivity contribution in [2.45, 2.75) is 4.90 Å². The molecule has 0 bridgehead atoms. The van der Waals surface area contributed by atoms with Crippen LogP contribution in [0.3, 0.4) is 0 Å². The summed E-state index contributed by atoms with van der Waals surface area (Å²) in [5, 5.41) is -0.496. The zero-order chi connectivity index (χ0) is 14.0. The Labute approximate surface area is 112 Å². The van der Waals surface area contributed by atoms with Crippen LogP contribution in [0.25, 0.3) is 0 Å². The van der Waals surface area contributed by atoms with Gasteiger partial charge in [-0.2, -0.15) is 0 Å². The number of sulfonamides is 1. The molecule has 0 saturated heterocycles. The van der Waals surface area contributed by atoms with Crippen molar-refractivity contribution < 1.29 is 17.2 Å². The van der Waals surface area contributed by atoms with Crippen molar-refractivity contribution >= 4 is 27.4 Å². The number of nitrogens with zero attached hydrogens (tertiary/aromatic N) is 2. The summed E-state index contributed by atoms with van der Waals surface area (Å²) in [6, 6.07) is 2.37. The number of halogens is 3. The zero-order valence-electron chi connectivity index (χ0n) is 9.14. The lowest BCUT2D eigenvalue weighted by Gasteiger charge is -2.08. The fourth-order valence-electron chi connectivity index (χ4n) is 1.25. The van der Waals surface area contributed by atoms with Gasteiger partial charge in [0, 0.05) is 12.3 Å². The monoisotopic (exact) mass is 305 g/mol. The van der Waals surface area contributed by atoms with Crippen LogP contribution in [0.1, 0.15) is 0 Å². The van der Waals surface area contributed by atoms with Crippen molar-refractivity contribution in [2.75, 3.05) is 4.72 Å². The fourth-order valence-corrected chi connectivity index (χ4v) is 2.58. The third kappa shape index (κ3) is 2.96. The molecule has 0 unspecified atom stereocenters. The third-order valence-electron chi connectivity index (χ3n) is 2.09. The molecule has 0 aliphatic rings. The SMILES string of the molecule is O=S(=O)(Nc1ccncn1)c1cc(Cl)c(F)cc1F. The van der Waals surface area contributed by atoms with E-state index in [1.807, 2.05) is 4.72 Å². The maximum atomic E-state index is 13.5. The maximum Gasteiger partial charge on any atom is 0.266 e. The summed E-state index contributed by atoms with van der Waals surface area (Å²) in [5.41, 5.74) is 0. The standard InChI is InChI=1S/C10H6ClF2N3O2S/c11-6-3-9(8(13)4-7(6)12)19(17,18)16-10-1-2-14-5-15-10/h1-5H,(H,14,15,16). The van der Waals surface area contributed by atoms with Crippen molar-refractivity contribution in [3.63, 3.8) is 0 Å². The first-order valence-electron chi connectivity index (χ1n) is 4.83. The number of aromatic nitrogens is 2. The lowest BCUT2D eigenvalue weighted by molar-refractivity contribution is 0.551. The van der Waals surface area contributed by atoms with E-state index in [1.54, 1.807) is 0 Å². The quantitative estimate of drug-likeness (QED) is 0.883. The van der Waals surface area contributed by atoms with Gasteiger partial charge in [-0.1, -0.05) is 11.6 Å². The van der Waals surface area contributed by atoms with Gasteiger partial charge < -0.3 is 0 Å². The van der Waals surface area contributed by atoms with E-state index in [-0.39, 0.29) is 5.82 Å². The van der Waals surface area contributed by atoms with Crippen LogP contribution in [-0.4, -0.2) is 18.4 Å². The highest BCUT2D eigenvalue weighted by atomic mass is 35.5. The average Bonchev–Trinajstić information content (AvgIpc) is 2.34. The molecule has 1 N–H and O–H groups in total. The van der Waals surface area contributed by atoms with Crippen LogP contribution in [-0.2, 0) is 10.0 Å². The number of benzene rings is 1. The molecule has 0 aliphatic carbocycles. The van der Waals surface area contributed by atoms with Gasteiger partial charge in [0.25, 0.3) is 10.0 Å². The number of anilines is 1. The van der Waals surface area contributed by atoms with Crippen molar-refractivity contribution in [1.82, 2.24) is 9.97 Å². The van der Waals surface area contributed by atoms with Crippen LogP contribution in [0.2, 0.25) is 5.02 Å². The Kier molecular flexibility index (Phi) is 3.63. The summed E-state index contributed by atoms with van der Waals surface area (Å²) in [5.74, 6) is -2.33. The average molecular weight is 306 g/mol. The van der Waals surface area contributed by atoms with E-state index in [0.29, 0.717) is 12.1 Å². The Morgan fingerprint density at radius 2 is 1.95 bits per heavy atom. The lowest BCUT2D eigenvalue weighted by atomic mass is 10.3. The number of nitrogens with one attached hydrogen (secondary N) is 1. The van der Waals surface area contributed by atoms with Gasteiger partial charge >= 0.3 is 0 Å². The molecule has 19 heavy (non-hydrogen) atoms. The molecule has 9 heteroatoms. The highest BCUT2D eigenvalue weighted by Crippen LogP contribution is 2.24. The van der Waals surface area contributed by atoms with E-state index < -0.39 is 31.6 Å². The first-order chi connectivity index (χ1) is 8.90. The summed E-state index contributed by atoms with van der Waals surface area (Å²) in [4.78, 5) is 6.46. The summed E-state index contributed by atoms with van der Waals surface area (Å²) >= 11 is 5.44. The first kappa shape index (κ1) is 13.6. The lowest BCUT2D eigenvalue weighted by Crippen LogP contribution is -2.15. The minimum atomic E-state index is -4.25. The molecule has 0 atom stereocenters. The minimum absolute atomic E-state index is 0.0464. The molecule has 0 amide bonds. The Hall–Kier alpha value is -1.80. The first-order valence-corrected chi connectivity index (χ1v) is 6.69. The molecule has 0 spiro atoms. The molecule has 1 aromatic carbocycles. The Balaban J connectivity index is 2.43. The van der Waals surface area contributed by atoms with Crippen molar-refractivity contribution in [3.8, 4) is 0 Å². The molecule has 0 aliphatic heterocycles. The van der Waals surface area contributed by atoms with Crippen LogP contribution >= 0.6 is 11.6 Å². The van der Waals surface area contributed by atoms with E-state index in [0.717, 1.165) is 6.33 Å². The van der Waals surface area contributed by atoms with Crippen molar-refractivity contribution in [2.24, 2.45) is 0 Å². The molecular formula is C10H6ClF2N3O2S. The van der Waals surface area contributed by atoms with Gasteiger partial charge in [-0.3, -0.25) is 4.72 Å². The predicted octanol–water partition coefficient (Wildman–Crippen LogP) is 2.21. The predicted molar refractivity (Wildman–Crippen MR) is 64.2 cm³/mol. The van der Waals surface area contributed by atoms with E-state index in [9.17, 15) is 17.2 Å².